The van der Waals surface area contributed by atoms with Crippen molar-refractivity contribution >= 4 is 21.8 Å². The molecule has 0 unspecified atom stereocenters. The van der Waals surface area contributed by atoms with Gasteiger partial charge in [0, 0.05) is 40.9 Å². The van der Waals surface area contributed by atoms with Gasteiger partial charge in [0.15, 0.2) is 0 Å². The molecule has 0 aliphatic heterocycles. The Morgan fingerprint density at radius 2 is 1.44 bits per heavy atom. The lowest BCUT2D eigenvalue weighted by Gasteiger charge is -2.32. The Labute approximate surface area is 283 Å². The van der Waals surface area contributed by atoms with E-state index in [4.69, 9.17) is 14.8 Å². The fraction of sp³-hybridized carbons (Fsp3) is 0.256. The van der Waals surface area contributed by atoms with Gasteiger partial charge in [0.1, 0.15) is 17.3 Å². The molecule has 0 atom stereocenters. The average molecular weight is 633 g/mol. The highest BCUT2D eigenvalue weighted by Crippen LogP contribution is 2.43. The molecule has 3 aromatic heterocycles. The number of aryl methyl sites for hydroxylation is 2. The molecule has 242 valence electrons. The number of nitrogens with zero attached hydrogens (tertiary/aromatic N) is 4. The molecule has 4 aromatic carbocycles. The van der Waals surface area contributed by atoms with E-state index in [1.807, 2.05) is 47.4 Å². The van der Waals surface area contributed by atoms with Crippen LogP contribution in [0, 0.1) is 20.8 Å². The zero-order chi connectivity index (χ0) is 34.0. The van der Waals surface area contributed by atoms with Gasteiger partial charge in [-0.05, 0) is 107 Å². The molecular formula is C43H44N4O. The summed E-state index contributed by atoms with van der Waals surface area (Å²) >= 11 is 0. The number of para-hydroxylation sites is 1. The molecule has 0 aliphatic rings. The second-order valence-electron chi connectivity index (χ2n) is 15.1. The molecule has 48 heavy (non-hydrogen) atoms. The fourth-order valence-electron chi connectivity index (χ4n) is 7.07. The lowest BCUT2D eigenvalue weighted by atomic mass is 9.72. The summed E-state index contributed by atoms with van der Waals surface area (Å²) in [6.07, 6.45) is 6.03. The zero-order valence-corrected chi connectivity index (χ0v) is 29.5. The number of rotatable bonds is 5. The van der Waals surface area contributed by atoms with Crippen LogP contribution in [0.5, 0.6) is 11.5 Å². The summed E-state index contributed by atoms with van der Waals surface area (Å²) in [4.78, 5) is 4.72. The summed E-state index contributed by atoms with van der Waals surface area (Å²) in [7, 11) is 0. The molecule has 5 heteroatoms. The number of pyridine rings is 1. The van der Waals surface area contributed by atoms with Gasteiger partial charge in [-0.25, -0.2) is 9.67 Å². The van der Waals surface area contributed by atoms with Gasteiger partial charge in [0.2, 0.25) is 0 Å². The van der Waals surface area contributed by atoms with Gasteiger partial charge in [-0.1, -0.05) is 71.9 Å². The molecule has 0 saturated carbocycles. The van der Waals surface area contributed by atoms with Crippen molar-refractivity contribution < 1.29 is 4.74 Å². The van der Waals surface area contributed by atoms with Gasteiger partial charge in [-0.3, -0.25) is 4.57 Å². The molecule has 0 fully saturated rings. The van der Waals surface area contributed by atoms with E-state index in [0.717, 1.165) is 45.0 Å². The summed E-state index contributed by atoms with van der Waals surface area (Å²) in [6.45, 7) is 20.4. The topological polar surface area (TPSA) is 44.9 Å². The molecule has 5 nitrogen and oxygen atoms in total. The van der Waals surface area contributed by atoms with Gasteiger partial charge in [-0.2, -0.15) is 5.10 Å². The molecule has 0 amide bonds. The van der Waals surface area contributed by atoms with Crippen LogP contribution in [-0.2, 0) is 10.8 Å². The highest BCUT2D eigenvalue weighted by atomic mass is 16.5. The zero-order valence-electron chi connectivity index (χ0n) is 29.5. The van der Waals surface area contributed by atoms with Crippen molar-refractivity contribution in [1.29, 1.82) is 0 Å². The summed E-state index contributed by atoms with van der Waals surface area (Å²) in [5.74, 6) is 2.40. The Kier molecular flexibility index (Phi) is 7.54. The number of ether oxygens (including phenoxy) is 1. The molecule has 0 spiro atoms. The predicted octanol–water partition coefficient (Wildman–Crippen LogP) is 11.3. The second-order valence-corrected chi connectivity index (χ2v) is 15.1. The summed E-state index contributed by atoms with van der Waals surface area (Å²) in [6, 6.07) is 29.4. The third-order valence-electron chi connectivity index (χ3n) is 9.37. The van der Waals surface area contributed by atoms with E-state index in [1.54, 1.807) is 0 Å². The van der Waals surface area contributed by atoms with Crippen molar-refractivity contribution in [2.75, 3.05) is 0 Å². The van der Waals surface area contributed by atoms with Crippen LogP contribution in [0.1, 0.15) is 69.4 Å². The van der Waals surface area contributed by atoms with Crippen LogP contribution in [-0.4, -0.2) is 19.3 Å². The van der Waals surface area contributed by atoms with Crippen LogP contribution in [0.15, 0.2) is 104 Å². The molecule has 0 aliphatic carbocycles. The average Bonchev–Trinajstić information content (AvgIpc) is 3.64. The van der Waals surface area contributed by atoms with Crippen LogP contribution in [0.4, 0.5) is 0 Å². The van der Waals surface area contributed by atoms with Gasteiger partial charge in [0.25, 0.3) is 0 Å². The van der Waals surface area contributed by atoms with E-state index in [2.05, 4.69) is 128 Å². The van der Waals surface area contributed by atoms with Crippen LogP contribution in [0.2, 0.25) is 0 Å². The van der Waals surface area contributed by atoms with Crippen molar-refractivity contribution in [3.8, 4) is 34.1 Å². The SMILES string of the molecule is Cc1ccnc(-n2c3ccccc3c3ccc(Oc4cccc(-n5cc(-c6c(C(C)(C)C)cc(C)c(C)c6C(C)(C)C)cn5)c4)cc32)c1. The molecule has 0 saturated heterocycles. The van der Waals surface area contributed by atoms with E-state index in [-0.39, 0.29) is 10.8 Å². The van der Waals surface area contributed by atoms with Crippen molar-refractivity contribution in [3.63, 3.8) is 0 Å². The summed E-state index contributed by atoms with van der Waals surface area (Å²) < 4.78 is 10.7. The van der Waals surface area contributed by atoms with Crippen molar-refractivity contribution in [2.45, 2.75) is 73.1 Å². The standard InChI is InChI=1S/C43H44N4O/c1-27-19-20-44-39(21-27)47-37-16-11-10-15-34(37)35-18-17-33(24-38(35)47)48-32-14-12-13-31(23-32)46-26-30(25-45-46)40-36(42(4,5)6)22-28(2)29(3)41(40)43(7,8)9/h10-26H,1-9H3. The van der Waals surface area contributed by atoms with E-state index in [0.29, 0.717) is 0 Å². The third kappa shape index (κ3) is 5.57. The van der Waals surface area contributed by atoms with Crippen LogP contribution in [0.25, 0.3) is 44.4 Å². The maximum atomic E-state index is 6.53. The Bertz CT molecular complexity index is 2320. The van der Waals surface area contributed by atoms with E-state index in [1.165, 1.54) is 38.8 Å². The minimum atomic E-state index is -0.0243. The van der Waals surface area contributed by atoms with Crippen molar-refractivity contribution in [2.24, 2.45) is 0 Å². The van der Waals surface area contributed by atoms with Crippen LogP contribution >= 0.6 is 0 Å². The lowest BCUT2D eigenvalue weighted by Crippen LogP contribution is -2.21. The molecule has 7 rings (SSSR count). The molecule has 0 radical (unpaired) electrons. The highest BCUT2D eigenvalue weighted by molar-refractivity contribution is 6.09. The van der Waals surface area contributed by atoms with Gasteiger partial charge in [-0.15, -0.1) is 0 Å². The minimum Gasteiger partial charge on any atom is -0.457 e. The van der Waals surface area contributed by atoms with Crippen molar-refractivity contribution in [3.05, 3.63) is 131 Å². The molecule has 3 heterocycles. The number of hydrogen-bond acceptors (Lipinski definition) is 3. The number of benzene rings is 4. The smallest absolute Gasteiger partial charge is 0.137 e. The minimum absolute atomic E-state index is 0.0220. The first-order valence-corrected chi connectivity index (χ1v) is 16.7. The number of aromatic nitrogens is 4. The predicted molar refractivity (Wildman–Crippen MR) is 199 cm³/mol. The van der Waals surface area contributed by atoms with Gasteiger partial charge in [0.05, 0.1) is 22.9 Å². The van der Waals surface area contributed by atoms with Crippen molar-refractivity contribution in [1.82, 2.24) is 19.3 Å². The van der Waals surface area contributed by atoms with Crippen LogP contribution < -0.4 is 4.74 Å². The molecule has 7 aromatic rings. The quantitative estimate of drug-likeness (QED) is 0.190. The third-order valence-corrected chi connectivity index (χ3v) is 9.37. The molecular weight excluding hydrogens is 589 g/mol. The Balaban J connectivity index is 1.27. The monoisotopic (exact) mass is 632 g/mol. The summed E-state index contributed by atoms with van der Waals surface area (Å²) in [5.41, 5.74) is 12.1. The Morgan fingerprint density at radius 3 is 2.19 bits per heavy atom. The number of fused-ring (bicyclic) bond motifs is 3. The van der Waals surface area contributed by atoms with Crippen LogP contribution in [0.3, 0.4) is 0 Å². The maximum absolute atomic E-state index is 6.53. The largest absolute Gasteiger partial charge is 0.457 e. The normalized spacial score (nSPS) is 12.3. The Hall–Kier alpha value is -5.16. The first kappa shape index (κ1) is 31.4. The first-order chi connectivity index (χ1) is 22.8. The highest BCUT2D eigenvalue weighted by Gasteiger charge is 2.29. The van der Waals surface area contributed by atoms with Gasteiger partial charge < -0.3 is 4.74 Å². The first-order valence-electron chi connectivity index (χ1n) is 16.7. The molecule has 0 bridgehead atoms. The van der Waals surface area contributed by atoms with E-state index in [9.17, 15) is 0 Å². The fourth-order valence-corrected chi connectivity index (χ4v) is 7.07. The number of hydrogen-bond donors (Lipinski definition) is 0. The van der Waals surface area contributed by atoms with E-state index < -0.39 is 0 Å². The maximum Gasteiger partial charge on any atom is 0.137 e. The molecule has 0 N–H and O–H groups in total. The lowest BCUT2D eigenvalue weighted by molar-refractivity contribution is 0.483. The van der Waals surface area contributed by atoms with Gasteiger partial charge >= 0.3 is 0 Å². The summed E-state index contributed by atoms with van der Waals surface area (Å²) in [5, 5.41) is 7.23. The van der Waals surface area contributed by atoms with E-state index >= 15 is 0 Å². The Morgan fingerprint density at radius 1 is 0.688 bits per heavy atom. The second kappa shape index (κ2) is 11.5.